The van der Waals surface area contributed by atoms with Crippen LogP contribution in [0, 0.1) is 5.92 Å². The second-order valence-corrected chi connectivity index (χ2v) is 4.61. The van der Waals surface area contributed by atoms with E-state index in [0.29, 0.717) is 5.92 Å². The van der Waals surface area contributed by atoms with Crippen LogP contribution < -0.4 is 5.32 Å². The molecule has 0 aromatic rings. The topological polar surface area (TPSA) is 41.5 Å². The maximum atomic E-state index is 10.9. The van der Waals surface area contributed by atoms with Crippen LogP contribution in [0.3, 0.4) is 0 Å². The molecule has 1 amide bonds. The smallest absolute Gasteiger partial charge is 0.217 e. The number of thioether (sulfide) groups is 1. The van der Waals surface area contributed by atoms with Gasteiger partial charge in [0.15, 0.2) is 0 Å². The fraction of sp³-hybridized carbons (Fsp3) is 0.778. The molecule has 0 saturated heterocycles. The molecule has 1 rings (SSSR count). The SMILES string of the molecule is CC(=O)NC(C1=NCCS1)C(C)C. The van der Waals surface area contributed by atoms with Gasteiger partial charge < -0.3 is 5.32 Å². The van der Waals surface area contributed by atoms with Crippen LogP contribution in [-0.2, 0) is 4.79 Å². The van der Waals surface area contributed by atoms with E-state index in [1.807, 2.05) is 0 Å². The Balaban J connectivity index is 2.61. The van der Waals surface area contributed by atoms with Gasteiger partial charge in [0.1, 0.15) is 0 Å². The lowest BCUT2D eigenvalue weighted by Gasteiger charge is -2.20. The maximum absolute atomic E-state index is 10.9. The lowest BCUT2D eigenvalue weighted by atomic mass is 10.1. The molecule has 1 aliphatic rings. The molecule has 0 fully saturated rings. The summed E-state index contributed by atoms with van der Waals surface area (Å²) >= 11 is 1.76. The zero-order valence-corrected chi connectivity index (χ0v) is 9.15. The van der Waals surface area contributed by atoms with E-state index in [0.717, 1.165) is 17.3 Å². The zero-order chi connectivity index (χ0) is 9.84. The molecule has 3 nitrogen and oxygen atoms in total. The zero-order valence-electron chi connectivity index (χ0n) is 8.33. The molecule has 0 bridgehead atoms. The molecule has 1 N–H and O–H groups in total. The van der Waals surface area contributed by atoms with Crippen molar-refractivity contribution in [1.29, 1.82) is 0 Å². The van der Waals surface area contributed by atoms with Crippen molar-refractivity contribution >= 4 is 22.7 Å². The van der Waals surface area contributed by atoms with E-state index in [4.69, 9.17) is 0 Å². The van der Waals surface area contributed by atoms with Crippen molar-refractivity contribution in [2.24, 2.45) is 10.9 Å². The highest BCUT2D eigenvalue weighted by molar-refractivity contribution is 8.14. The van der Waals surface area contributed by atoms with Gasteiger partial charge in [-0.3, -0.25) is 9.79 Å². The van der Waals surface area contributed by atoms with Crippen LogP contribution in [0.25, 0.3) is 0 Å². The van der Waals surface area contributed by atoms with Crippen molar-refractivity contribution in [3.05, 3.63) is 0 Å². The van der Waals surface area contributed by atoms with E-state index in [1.54, 1.807) is 18.7 Å². The second kappa shape index (κ2) is 4.65. The molecule has 1 heterocycles. The van der Waals surface area contributed by atoms with E-state index in [1.165, 1.54) is 0 Å². The van der Waals surface area contributed by atoms with Crippen LogP contribution in [0.2, 0.25) is 0 Å². The largest absolute Gasteiger partial charge is 0.347 e. The standard InChI is InChI=1S/C9H16N2OS/c1-6(2)8(11-7(3)12)9-10-4-5-13-9/h6,8H,4-5H2,1-3H3,(H,11,12). The molecular weight excluding hydrogens is 184 g/mol. The minimum Gasteiger partial charge on any atom is -0.347 e. The third-order valence-corrected chi connectivity index (χ3v) is 2.97. The number of carbonyl (C=O) groups is 1. The molecule has 1 aliphatic heterocycles. The number of hydrogen-bond donors (Lipinski definition) is 1. The number of carbonyl (C=O) groups excluding carboxylic acids is 1. The Hall–Kier alpha value is -0.510. The molecule has 0 aromatic heterocycles. The average molecular weight is 200 g/mol. The van der Waals surface area contributed by atoms with Crippen molar-refractivity contribution in [3.63, 3.8) is 0 Å². The molecule has 0 spiro atoms. The highest BCUT2D eigenvalue weighted by Crippen LogP contribution is 2.19. The van der Waals surface area contributed by atoms with E-state index in [-0.39, 0.29) is 11.9 Å². The molecule has 0 saturated carbocycles. The monoisotopic (exact) mass is 200 g/mol. The predicted molar refractivity (Wildman–Crippen MR) is 57.2 cm³/mol. The van der Waals surface area contributed by atoms with Gasteiger partial charge in [0.2, 0.25) is 5.91 Å². The Morgan fingerprint density at radius 2 is 2.31 bits per heavy atom. The van der Waals surface area contributed by atoms with Gasteiger partial charge in [-0.15, -0.1) is 11.8 Å². The number of rotatable bonds is 3. The van der Waals surface area contributed by atoms with Crippen LogP contribution in [0.4, 0.5) is 0 Å². The highest BCUT2D eigenvalue weighted by Gasteiger charge is 2.23. The molecule has 1 unspecified atom stereocenters. The van der Waals surface area contributed by atoms with Crippen molar-refractivity contribution in [1.82, 2.24) is 5.32 Å². The maximum Gasteiger partial charge on any atom is 0.217 e. The van der Waals surface area contributed by atoms with Crippen molar-refractivity contribution < 1.29 is 4.79 Å². The Bertz CT molecular complexity index is 226. The normalized spacial score (nSPS) is 18.6. The number of hydrogen-bond acceptors (Lipinski definition) is 3. The Morgan fingerprint density at radius 3 is 2.69 bits per heavy atom. The van der Waals surface area contributed by atoms with Crippen LogP contribution in [0.15, 0.2) is 4.99 Å². The minimum absolute atomic E-state index is 0.0221. The first-order valence-corrected chi connectivity index (χ1v) is 5.54. The average Bonchev–Trinajstić information content (AvgIpc) is 2.50. The third-order valence-electron chi connectivity index (χ3n) is 1.90. The molecule has 0 aromatic carbocycles. The van der Waals surface area contributed by atoms with Crippen LogP contribution >= 0.6 is 11.8 Å². The molecular formula is C9H16N2OS. The number of aliphatic imine (C=N–C) groups is 1. The number of nitrogens with one attached hydrogen (secondary N) is 1. The van der Waals surface area contributed by atoms with Gasteiger partial charge in [0.25, 0.3) is 0 Å². The first kappa shape index (κ1) is 10.6. The van der Waals surface area contributed by atoms with Gasteiger partial charge in [0.05, 0.1) is 11.1 Å². The summed E-state index contributed by atoms with van der Waals surface area (Å²) in [6.07, 6.45) is 0. The Labute approximate surface area is 83.4 Å². The summed E-state index contributed by atoms with van der Waals surface area (Å²) < 4.78 is 0. The fourth-order valence-corrected chi connectivity index (χ4v) is 2.36. The Kier molecular flexibility index (Phi) is 3.78. The van der Waals surface area contributed by atoms with Crippen LogP contribution in [-0.4, -0.2) is 29.3 Å². The van der Waals surface area contributed by atoms with E-state index in [2.05, 4.69) is 24.2 Å². The lowest BCUT2D eigenvalue weighted by Crippen LogP contribution is -2.41. The van der Waals surface area contributed by atoms with Gasteiger partial charge in [0, 0.05) is 19.2 Å². The van der Waals surface area contributed by atoms with Crippen molar-refractivity contribution in [2.75, 3.05) is 12.3 Å². The first-order valence-electron chi connectivity index (χ1n) is 4.55. The van der Waals surface area contributed by atoms with E-state index in [9.17, 15) is 4.79 Å². The molecule has 0 radical (unpaired) electrons. The summed E-state index contributed by atoms with van der Waals surface area (Å²) in [5.41, 5.74) is 0. The summed E-state index contributed by atoms with van der Waals surface area (Å²) in [6, 6.07) is 0.116. The summed E-state index contributed by atoms with van der Waals surface area (Å²) in [5.74, 6) is 1.49. The van der Waals surface area contributed by atoms with Crippen LogP contribution in [0.5, 0.6) is 0 Å². The van der Waals surface area contributed by atoms with Gasteiger partial charge in [-0.2, -0.15) is 0 Å². The Morgan fingerprint density at radius 1 is 1.62 bits per heavy atom. The molecule has 0 aliphatic carbocycles. The summed E-state index contributed by atoms with van der Waals surface area (Å²) in [7, 11) is 0. The summed E-state index contributed by atoms with van der Waals surface area (Å²) in [6.45, 7) is 6.64. The van der Waals surface area contributed by atoms with Crippen LogP contribution in [0.1, 0.15) is 20.8 Å². The van der Waals surface area contributed by atoms with Gasteiger partial charge in [-0.05, 0) is 5.92 Å². The molecule has 4 heteroatoms. The molecule has 74 valence electrons. The number of amides is 1. The quantitative estimate of drug-likeness (QED) is 0.746. The second-order valence-electron chi connectivity index (χ2n) is 3.49. The highest BCUT2D eigenvalue weighted by atomic mass is 32.2. The van der Waals surface area contributed by atoms with Gasteiger partial charge in [-0.1, -0.05) is 13.8 Å². The third kappa shape index (κ3) is 3.03. The van der Waals surface area contributed by atoms with E-state index < -0.39 is 0 Å². The molecule has 1 atom stereocenters. The predicted octanol–water partition coefficient (Wildman–Crippen LogP) is 1.29. The summed E-state index contributed by atoms with van der Waals surface area (Å²) in [5, 5.41) is 4.02. The first-order chi connectivity index (χ1) is 6.11. The molecule has 13 heavy (non-hydrogen) atoms. The van der Waals surface area contributed by atoms with E-state index >= 15 is 0 Å². The summed E-state index contributed by atoms with van der Waals surface area (Å²) in [4.78, 5) is 15.3. The number of nitrogens with zero attached hydrogens (tertiary/aromatic N) is 1. The van der Waals surface area contributed by atoms with Crippen molar-refractivity contribution in [2.45, 2.75) is 26.8 Å². The van der Waals surface area contributed by atoms with Crippen molar-refractivity contribution in [3.8, 4) is 0 Å². The van der Waals surface area contributed by atoms with Gasteiger partial charge >= 0.3 is 0 Å². The van der Waals surface area contributed by atoms with Gasteiger partial charge in [-0.25, -0.2) is 0 Å². The lowest BCUT2D eigenvalue weighted by molar-refractivity contribution is -0.119. The fourth-order valence-electron chi connectivity index (χ4n) is 1.27. The minimum atomic E-state index is 0.0221.